The summed E-state index contributed by atoms with van der Waals surface area (Å²) in [5, 5.41) is 1.09. The van der Waals surface area contributed by atoms with Crippen LogP contribution >= 0.6 is 11.3 Å². The zero-order chi connectivity index (χ0) is 20.5. The molecule has 5 rings (SSSR count). The third kappa shape index (κ3) is 4.02. The van der Waals surface area contributed by atoms with E-state index in [1.54, 1.807) is 7.11 Å². The maximum atomic E-state index is 6.35. The molecule has 0 radical (unpaired) electrons. The monoisotopic (exact) mass is 425 g/mol. The lowest BCUT2D eigenvalue weighted by Crippen LogP contribution is -2.36. The zero-order valence-corrected chi connectivity index (χ0v) is 18.3. The summed E-state index contributed by atoms with van der Waals surface area (Å²) in [4.78, 5) is 14.7. The smallest absolute Gasteiger partial charge is 0.231 e. The number of methoxy groups -OCH3 is 1. The van der Waals surface area contributed by atoms with Crippen molar-refractivity contribution >= 4 is 21.6 Å². The van der Waals surface area contributed by atoms with Crippen molar-refractivity contribution in [2.45, 2.75) is 32.7 Å². The van der Waals surface area contributed by atoms with Gasteiger partial charge in [0.15, 0.2) is 0 Å². The normalized spacial score (nSPS) is 19.6. The number of thiophene rings is 1. The van der Waals surface area contributed by atoms with Crippen molar-refractivity contribution in [2.24, 2.45) is 5.92 Å². The number of aromatic nitrogens is 2. The maximum absolute atomic E-state index is 6.35. The minimum Gasteiger partial charge on any atom is -0.497 e. The summed E-state index contributed by atoms with van der Waals surface area (Å²) >= 11 is 1.81. The number of benzene rings is 1. The molecule has 1 aromatic carbocycles. The fourth-order valence-electron chi connectivity index (χ4n) is 4.23. The van der Waals surface area contributed by atoms with E-state index in [1.807, 2.05) is 35.6 Å². The summed E-state index contributed by atoms with van der Waals surface area (Å²) in [6, 6.07) is 7.70. The lowest BCUT2D eigenvalue weighted by molar-refractivity contribution is 0.0330. The van der Waals surface area contributed by atoms with E-state index in [4.69, 9.17) is 24.2 Å². The molecule has 0 bridgehead atoms. The number of aryl methyl sites for hydroxylation is 1. The third-order valence-electron chi connectivity index (χ3n) is 5.89. The van der Waals surface area contributed by atoms with Crippen LogP contribution in [0.4, 0.5) is 0 Å². The summed E-state index contributed by atoms with van der Waals surface area (Å²) < 4.78 is 17.2. The lowest BCUT2D eigenvalue weighted by atomic mass is 9.89. The molecule has 1 unspecified atom stereocenters. The lowest BCUT2D eigenvalue weighted by Gasteiger charge is -2.25. The molecule has 3 aromatic rings. The van der Waals surface area contributed by atoms with Crippen LogP contribution in [0.3, 0.4) is 0 Å². The van der Waals surface area contributed by atoms with Gasteiger partial charge in [0.25, 0.3) is 0 Å². The molecule has 0 amide bonds. The number of morpholine rings is 1. The average Bonchev–Trinajstić information content (AvgIpc) is 3.12. The third-order valence-corrected chi connectivity index (χ3v) is 7.04. The van der Waals surface area contributed by atoms with Gasteiger partial charge < -0.3 is 14.2 Å². The molecule has 1 saturated heterocycles. The van der Waals surface area contributed by atoms with Crippen LogP contribution in [-0.2, 0) is 24.1 Å². The molecule has 2 aromatic heterocycles. The molecule has 6 nitrogen and oxygen atoms in total. The van der Waals surface area contributed by atoms with Crippen LogP contribution in [0, 0.1) is 5.92 Å². The van der Waals surface area contributed by atoms with E-state index < -0.39 is 0 Å². The predicted octanol–water partition coefficient (Wildman–Crippen LogP) is 4.45. The van der Waals surface area contributed by atoms with Crippen molar-refractivity contribution in [3.8, 4) is 17.4 Å². The van der Waals surface area contributed by atoms with Gasteiger partial charge in [-0.1, -0.05) is 13.0 Å². The summed E-state index contributed by atoms with van der Waals surface area (Å²) in [6.07, 6.45) is 3.39. The quantitative estimate of drug-likeness (QED) is 0.602. The van der Waals surface area contributed by atoms with E-state index in [-0.39, 0.29) is 0 Å². The minimum absolute atomic E-state index is 0.670. The molecule has 158 valence electrons. The first kappa shape index (κ1) is 19.7. The molecule has 0 spiro atoms. The van der Waals surface area contributed by atoms with Gasteiger partial charge in [0.05, 0.1) is 32.3 Å². The molecule has 1 fully saturated rings. The van der Waals surface area contributed by atoms with E-state index in [9.17, 15) is 0 Å². The van der Waals surface area contributed by atoms with Crippen LogP contribution in [0.2, 0.25) is 0 Å². The maximum Gasteiger partial charge on any atom is 0.231 e. The molecule has 1 aliphatic heterocycles. The Bertz CT molecular complexity index is 1050. The Hall–Kier alpha value is -2.22. The highest BCUT2D eigenvalue weighted by Gasteiger charge is 2.25. The molecule has 7 heteroatoms. The van der Waals surface area contributed by atoms with Gasteiger partial charge >= 0.3 is 0 Å². The van der Waals surface area contributed by atoms with Crippen LogP contribution in [0.15, 0.2) is 24.3 Å². The number of fused-ring (bicyclic) bond motifs is 3. The topological polar surface area (TPSA) is 56.7 Å². The Morgan fingerprint density at radius 1 is 1.20 bits per heavy atom. The number of hydrogen-bond acceptors (Lipinski definition) is 7. The second-order valence-corrected chi connectivity index (χ2v) is 9.23. The van der Waals surface area contributed by atoms with Gasteiger partial charge in [-0.3, -0.25) is 4.90 Å². The Labute approximate surface area is 180 Å². The second-order valence-electron chi connectivity index (χ2n) is 8.15. The Kier molecular flexibility index (Phi) is 5.58. The highest BCUT2D eigenvalue weighted by Crippen LogP contribution is 2.42. The summed E-state index contributed by atoms with van der Waals surface area (Å²) in [5.74, 6) is 3.70. The molecule has 1 atom stereocenters. The van der Waals surface area contributed by atoms with Crippen molar-refractivity contribution in [3.63, 3.8) is 0 Å². The standard InChI is InChI=1S/C23H27N3O3S/c1-15-6-7-18-19(12-15)30-23-21(18)22(29-17-5-3-4-16(13-17)27-2)24-20(25-23)14-26-8-10-28-11-9-26/h3-5,13,15H,6-12,14H2,1-2H3. The van der Waals surface area contributed by atoms with E-state index in [1.165, 1.54) is 16.9 Å². The summed E-state index contributed by atoms with van der Waals surface area (Å²) in [7, 11) is 1.67. The van der Waals surface area contributed by atoms with Crippen molar-refractivity contribution < 1.29 is 14.2 Å². The predicted molar refractivity (Wildman–Crippen MR) is 118 cm³/mol. The zero-order valence-electron chi connectivity index (χ0n) is 17.5. The van der Waals surface area contributed by atoms with Crippen LogP contribution in [-0.4, -0.2) is 48.3 Å². The van der Waals surface area contributed by atoms with Gasteiger partial charge in [0.1, 0.15) is 22.2 Å². The fraction of sp³-hybridized carbons (Fsp3) is 0.478. The molecular formula is C23H27N3O3S. The van der Waals surface area contributed by atoms with Gasteiger partial charge in [0, 0.05) is 24.0 Å². The average molecular weight is 426 g/mol. The van der Waals surface area contributed by atoms with Crippen molar-refractivity contribution in [1.29, 1.82) is 0 Å². The van der Waals surface area contributed by atoms with Crippen LogP contribution in [0.5, 0.6) is 17.4 Å². The second kappa shape index (κ2) is 8.49. The van der Waals surface area contributed by atoms with Crippen LogP contribution < -0.4 is 9.47 Å². The molecule has 0 saturated carbocycles. The molecule has 1 aliphatic carbocycles. The number of hydrogen-bond donors (Lipinski definition) is 0. The first-order valence-corrected chi connectivity index (χ1v) is 11.4. The van der Waals surface area contributed by atoms with Crippen LogP contribution in [0.25, 0.3) is 10.2 Å². The van der Waals surface area contributed by atoms with Gasteiger partial charge in [-0.25, -0.2) is 4.98 Å². The first-order chi connectivity index (χ1) is 14.7. The molecule has 0 N–H and O–H groups in total. The molecular weight excluding hydrogens is 398 g/mol. The molecule has 3 heterocycles. The Morgan fingerprint density at radius 3 is 2.87 bits per heavy atom. The SMILES string of the molecule is COc1cccc(Oc2nc(CN3CCOCC3)nc3sc4c(c23)CCC(C)C4)c1. The van der Waals surface area contributed by atoms with Gasteiger partial charge in [0.2, 0.25) is 5.88 Å². The van der Waals surface area contributed by atoms with Crippen molar-refractivity contribution in [1.82, 2.24) is 14.9 Å². The fourth-order valence-corrected chi connectivity index (χ4v) is 5.62. The van der Waals surface area contributed by atoms with E-state index in [0.717, 1.165) is 66.7 Å². The first-order valence-electron chi connectivity index (χ1n) is 10.6. The highest BCUT2D eigenvalue weighted by atomic mass is 32.1. The molecule has 30 heavy (non-hydrogen) atoms. The largest absolute Gasteiger partial charge is 0.497 e. The number of nitrogens with zero attached hydrogens (tertiary/aromatic N) is 3. The van der Waals surface area contributed by atoms with Gasteiger partial charge in [-0.05, 0) is 42.9 Å². The summed E-state index contributed by atoms with van der Waals surface area (Å²) in [5.41, 5.74) is 1.38. The van der Waals surface area contributed by atoms with E-state index >= 15 is 0 Å². The van der Waals surface area contributed by atoms with Crippen molar-refractivity contribution in [2.75, 3.05) is 33.4 Å². The number of ether oxygens (including phenoxy) is 3. The Balaban J connectivity index is 1.55. The van der Waals surface area contributed by atoms with Crippen LogP contribution in [0.1, 0.15) is 29.6 Å². The van der Waals surface area contributed by atoms with Gasteiger partial charge in [-0.15, -0.1) is 11.3 Å². The van der Waals surface area contributed by atoms with E-state index in [0.29, 0.717) is 18.3 Å². The minimum atomic E-state index is 0.670. The number of rotatable bonds is 5. The van der Waals surface area contributed by atoms with Crippen molar-refractivity contribution in [3.05, 3.63) is 40.5 Å². The summed E-state index contributed by atoms with van der Waals surface area (Å²) in [6.45, 7) is 6.39. The molecule has 2 aliphatic rings. The highest BCUT2D eigenvalue weighted by molar-refractivity contribution is 7.18. The Morgan fingerprint density at radius 2 is 2.03 bits per heavy atom. The van der Waals surface area contributed by atoms with E-state index in [2.05, 4.69) is 11.8 Å². The van der Waals surface area contributed by atoms with Gasteiger partial charge in [-0.2, -0.15) is 4.98 Å².